The molecule has 0 fully saturated rings. The average Bonchev–Trinajstić information content (AvgIpc) is 3.36. The third-order valence-corrected chi connectivity index (χ3v) is 8.06. The number of methoxy groups -OCH3 is 1. The minimum Gasteiger partial charge on any atom is -0.741 e. The zero-order valence-electron chi connectivity index (χ0n) is 23.7. The van der Waals surface area contributed by atoms with Crippen LogP contribution in [0.1, 0.15) is 47.8 Å². The molecule has 3 aromatic carbocycles. The maximum absolute atomic E-state index is 12.4. The quantitative estimate of drug-likeness (QED) is 0.130. The lowest BCUT2D eigenvalue weighted by atomic mass is 9.85. The van der Waals surface area contributed by atoms with Crippen molar-refractivity contribution in [3.63, 3.8) is 0 Å². The minimum absolute atomic E-state index is 0.145. The van der Waals surface area contributed by atoms with Crippen molar-refractivity contribution in [2.45, 2.75) is 37.9 Å². The summed E-state index contributed by atoms with van der Waals surface area (Å²) in [5.41, 5.74) is 3.75. The van der Waals surface area contributed by atoms with Gasteiger partial charge in [-0.05, 0) is 53.4 Å². The van der Waals surface area contributed by atoms with Gasteiger partial charge in [0.15, 0.2) is 21.8 Å². The number of rotatable bonds is 4. The second-order valence-electron chi connectivity index (χ2n) is 10.2. The van der Waals surface area contributed by atoms with Gasteiger partial charge in [0.25, 0.3) is 0 Å². The van der Waals surface area contributed by atoms with Crippen molar-refractivity contribution in [2.75, 3.05) is 20.8 Å². The van der Waals surface area contributed by atoms with Crippen molar-refractivity contribution in [1.29, 1.82) is 0 Å². The molecule has 0 N–H and O–H groups in total. The number of halogens is 3. The Morgan fingerprint density at radius 2 is 1.50 bits per heavy atom. The molecule has 1 aliphatic heterocycles. The van der Waals surface area contributed by atoms with Crippen LogP contribution < -0.4 is 0 Å². The number of alkyl halides is 3. The minimum atomic E-state index is -6.09. The second kappa shape index (κ2) is 11.5. The Labute approximate surface area is 242 Å². The maximum atomic E-state index is 12.4. The molecule has 222 valence electrons. The number of ether oxygens (including phenoxy) is 2. The summed E-state index contributed by atoms with van der Waals surface area (Å²) in [7, 11) is -2.52. The summed E-state index contributed by atoms with van der Waals surface area (Å²) < 4.78 is 72.8. The third-order valence-electron chi connectivity index (χ3n) is 7.49. The first-order valence-electron chi connectivity index (χ1n) is 13.0. The molecule has 2 aliphatic rings. The fourth-order valence-electron chi connectivity index (χ4n) is 5.37. The first kappa shape index (κ1) is 31.1. The van der Waals surface area contributed by atoms with Crippen LogP contribution in [0, 0.1) is 0 Å². The van der Waals surface area contributed by atoms with E-state index in [1.165, 1.54) is 18.2 Å². The van der Waals surface area contributed by atoms with E-state index in [2.05, 4.69) is 74.0 Å². The van der Waals surface area contributed by atoms with Crippen LogP contribution in [-0.2, 0) is 19.6 Å². The summed E-state index contributed by atoms with van der Waals surface area (Å²) >= 11 is 0. The Kier molecular flexibility index (Phi) is 8.50. The molecule has 0 saturated carbocycles. The molecule has 42 heavy (non-hydrogen) atoms. The standard InChI is InChI=1S/C30H30NO3.CHF3O3S/c1-6-34-28-26(27(31(4)30(28,2)3)19-12-8-7-9-13-19)25-23-15-11-10-14-21(23)22-17-16-20(18-24(22)25)29(32)33-5;2-1(3,4)8(5,6)7/h7-18,28H,6H2,1-5H3;(H,5,6,7)/q+1;/p-1/b26-25+;. The molecule has 0 aromatic heterocycles. The molecule has 1 heterocycles. The van der Waals surface area contributed by atoms with Crippen LogP contribution in [0.2, 0.25) is 0 Å². The number of esters is 1. The largest absolute Gasteiger partial charge is 0.741 e. The van der Waals surface area contributed by atoms with Crippen molar-refractivity contribution in [2.24, 2.45) is 0 Å². The Bertz CT molecular complexity index is 1690. The lowest BCUT2D eigenvalue weighted by Crippen LogP contribution is -2.42. The van der Waals surface area contributed by atoms with Gasteiger partial charge in [-0.2, -0.15) is 13.2 Å². The molecular weight excluding hydrogens is 571 g/mol. The molecule has 0 amide bonds. The van der Waals surface area contributed by atoms with Crippen molar-refractivity contribution < 1.29 is 45.0 Å². The van der Waals surface area contributed by atoms with Crippen LogP contribution in [0.3, 0.4) is 0 Å². The molecular formula is C31H30F3NO6S. The van der Waals surface area contributed by atoms with Gasteiger partial charge in [0, 0.05) is 31.6 Å². The van der Waals surface area contributed by atoms with Gasteiger partial charge >= 0.3 is 11.5 Å². The summed E-state index contributed by atoms with van der Waals surface area (Å²) in [4.78, 5) is 12.4. The highest BCUT2D eigenvalue weighted by Crippen LogP contribution is 2.49. The number of carbonyl (C=O) groups excluding carboxylic acids is 1. The Balaban J connectivity index is 0.000000446. The smallest absolute Gasteiger partial charge is 0.485 e. The normalized spacial score (nSPS) is 19.1. The van der Waals surface area contributed by atoms with Crippen molar-refractivity contribution in [1.82, 2.24) is 0 Å². The first-order valence-corrected chi connectivity index (χ1v) is 14.4. The topological polar surface area (TPSA) is 95.7 Å². The molecule has 1 aliphatic carbocycles. The van der Waals surface area contributed by atoms with Crippen molar-refractivity contribution in [3.05, 3.63) is 101 Å². The summed E-state index contributed by atoms with van der Waals surface area (Å²) in [5, 5.41) is 0. The number of benzene rings is 3. The second-order valence-corrected chi connectivity index (χ2v) is 11.6. The van der Waals surface area contributed by atoms with E-state index in [0.717, 1.165) is 33.5 Å². The van der Waals surface area contributed by atoms with Gasteiger partial charge in [-0.3, -0.25) is 0 Å². The third kappa shape index (κ3) is 5.51. The van der Waals surface area contributed by atoms with Gasteiger partial charge in [-0.15, -0.1) is 0 Å². The predicted octanol–water partition coefficient (Wildman–Crippen LogP) is 5.64. The predicted molar refractivity (Wildman–Crippen MR) is 151 cm³/mol. The van der Waals surface area contributed by atoms with Crippen LogP contribution in [0.15, 0.2) is 78.4 Å². The van der Waals surface area contributed by atoms with E-state index >= 15 is 0 Å². The molecule has 0 bridgehead atoms. The highest BCUT2D eigenvalue weighted by molar-refractivity contribution is 7.86. The number of hydrogen-bond acceptors (Lipinski definition) is 6. The van der Waals surface area contributed by atoms with E-state index in [1.807, 2.05) is 31.2 Å². The van der Waals surface area contributed by atoms with Crippen molar-refractivity contribution >= 4 is 27.4 Å². The lowest BCUT2D eigenvalue weighted by molar-refractivity contribution is -0.575. The highest BCUT2D eigenvalue weighted by Gasteiger charge is 2.53. The van der Waals surface area contributed by atoms with Crippen LogP contribution in [0.5, 0.6) is 0 Å². The molecule has 0 spiro atoms. The van der Waals surface area contributed by atoms with Crippen LogP contribution >= 0.6 is 0 Å². The zero-order valence-corrected chi connectivity index (χ0v) is 24.5. The van der Waals surface area contributed by atoms with Crippen LogP contribution in [0.4, 0.5) is 13.2 Å². The highest BCUT2D eigenvalue weighted by atomic mass is 32.2. The summed E-state index contributed by atoms with van der Waals surface area (Å²) in [5.74, 6) is -0.333. The number of hydrogen-bond donors (Lipinski definition) is 0. The van der Waals surface area contributed by atoms with E-state index in [4.69, 9.17) is 22.4 Å². The van der Waals surface area contributed by atoms with E-state index in [1.54, 1.807) is 0 Å². The zero-order chi connectivity index (χ0) is 31.0. The summed E-state index contributed by atoms with van der Waals surface area (Å²) in [6.45, 7) is 7.12. The Morgan fingerprint density at radius 3 is 2.05 bits per heavy atom. The SMILES string of the molecule is CCOC1/C(=C2\c3ccccc3-c3ccc(C(=O)OC)cc32)C(c2ccccc2)=[N+](C)C1(C)C.O=S(=O)([O-])C(F)(F)F. The van der Waals surface area contributed by atoms with E-state index in [-0.39, 0.29) is 17.6 Å². The van der Waals surface area contributed by atoms with Gasteiger partial charge in [-0.1, -0.05) is 48.5 Å². The summed E-state index contributed by atoms with van der Waals surface area (Å²) in [6.07, 6.45) is -0.145. The molecule has 7 nitrogen and oxygen atoms in total. The molecule has 0 radical (unpaired) electrons. The fraction of sp³-hybridized carbons (Fsp3) is 0.290. The average molecular weight is 602 g/mol. The fourth-order valence-corrected chi connectivity index (χ4v) is 5.37. The van der Waals surface area contributed by atoms with E-state index in [9.17, 15) is 18.0 Å². The molecule has 0 saturated heterocycles. The van der Waals surface area contributed by atoms with E-state index < -0.39 is 15.6 Å². The first-order chi connectivity index (χ1) is 19.6. The van der Waals surface area contributed by atoms with E-state index in [0.29, 0.717) is 12.2 Å². The number of likely N-dealkylation sites (N-methyl/N-ethyl adjacent to an activating group) is 1. The van der Waals surface area contributed by atoms with Gasteiger partial charge in [-0.25, -0.2) is 17.8 Å². The molecule has 5 rings (SSSR count). The molecule has 1 atom stereocenters. The molecule has 3 aromatic rings. The molecule has 1 unspecified atom stereocenters. The van der Waals surface area contributed by atoms with Gasteiger partial charge < -0.3 is 14.0 Å². The van der Waals surface area contributed by atoms with Crippen LogP contribution in [-0.4, -0.2) is 67.1 Å². The Morgan fingerprint density at radius 1 is 0.952 bits per heavy atom. The Hall–Kier alpha value is -3.80. The number of fused-ring (bicyclic) bond motifs is 3. The monoisotopic (exact) mass is 601 g/mol. The summed E-state index contributed by atoms with van der Waals surface area (Å²) in [6, 6.07) is 24.8. The maximum Gasteiger partial charge on any atom is 0.485 e. The molecule has 11 heteroatoms. The van der Waals surface area contributed by atoms with Crippen LogP contribution in [0.25, 0.3) is 16.7 Å². The van der Waals surface area contributed by atoms with Gasteiger partial charge in [0.05, 0.1) is 18.2 Å². The van der Waals surface area contributed by atoms with Gasteiger partial charge in [0.1, 0.15) is 7.05 Å². The number of carbonyl (C=O) groups is 1. The van der Waals surface area contributed by atoms with Gasteiger partial charge in [0.2, 0.25) is 5.71 Å². The lowest BCUT2D eigenvalue weighted by Gasteiger charge is -2.24. The number of nitrogens with zero attached hydrogens (tertiary/aromatic N) is 1. The van der Waals surface area contributed by atoms with Crippen molar-refractivity contribution in [3.8, 4) is 11.1 Å².